The van der Waals surface area contributed by atoms with Crippen LogP contribution in [-0.2, 0) is 31.1 Å². The Balaban J connectivity index is 1.40. The van der Waals surface area contributed by atoms with Crippen molar-refractivity contribution in [1.82, 2.24) is 0 Å². The molecule has 2 aromatic rings. The predicted octanol–water partition coefficient (Wildman–Crippen LogP) is 8.33. The Hall–Kier alpha value is -2.89. The molecule has 11 heteroatoms. The van der Waals surface area contributed by atoms with Crippen molar-refractivity contribution in [3.8, 4) is 0 Å². The first-order chi connectivity index (χ1) is 23.0. The Morgan fingerprint density at radius 1 is 0.796 bits per heavy atom. The average Bonchev–Trinajstić information content (AvgIpc) is 3.37. The molecule has 0 saturated heterocycles. The second-order valence-corrected chi connectivity index (χ2v) is 18.0. The standard InChI is InChI=1S/C38H49ClN2O6S2/c1-37(2)30-16-5-7-18-32(30)40(24-9-11-26-48(42,43)44)34(37)22-20-28-14-13-15-29(36(28)39)21-23-35-38(3,4)31-17-6-8-19-33(31)41(35)25-10-12-27-49(45,46)47/h5-8,16-23,34H,9-15,24-27H2,1-4H3,(H,42,43,44)(H,45,46,47)/b22-20+,29-21+,35-23-. The molecule has 0 amide bonds. The van der Waals surface area contributed by atoms with Crippen molar-refractivity contribution < 1.29 is 25.9 Å². The molecule has 2 N–H and O–H groups in total. The summed E-state index contributed by atoms with van der Waals surface area (Å²) < 4.78 is 63.7. The van der Waals surface area contributed by atoms with Crippen LogP contribution in [0.5, 0.6) is 0 Å². The zero-order chi connectivity index (χ0) is 35.6. The topological polar surface area (TPSA) is 115 Å². The fourth-order valence-corrected chi connectivity index (χ4v) is 9.12. The number of nitrogens with zero attached hydrogens (tertiary/aromatic N) is 2. The Morgan fingerprint density at radius 3 is 2.04 bits per heavy atom. The largest absolute Gasteiger partial charge is 0.364 e. The van der Waals surface area contributed by atoms with Gasteiger partial charge in [0, 0.05) is 46.0 Å². The number of hydrogen-bond donors (Lipinski definition) is 2. The van der Waals surface area contributed by atoms with Crippen molar-refractivity contribution in [3.05, 3.63) is 106 Å². The minimum absolute atomic E-state index is 0.0382. The van der Waals surface area contributed by atoms with Gasteiger partial charge < -0.3 is 9.80 Å². The van der Waals surface area contributed by atoms with E-state index >= 15 is 0 Å². The van der Waals surface area contributed by atoms with Gasteiger partial charge in [0.15, 0.2) is 0 Å². The highest BCUT2D eigenvalue weighted by molar-refractivity contribution is 7.86. The minimum Gasteiger partial charge on any atom is -0.364 e. The maximum atomic E-state index is 11.3. The van der Waals surface area contributed by atoms with Gasteiger partial charge in [0.05, 0.1) is 17.5 Å². The van der Waals surface area contributed by atoms with Gasteiger partial charge in [-0.2, -0.15) is 16.8 Å². The summed E-state index contributed by atoms with van der Waals surface area (Å²) in [7, 11) is -7.99. The van der Waals surface area contributed by atoms with Gasteiger partial charge >= 0.3 is 0 Å². The fraction of sp³-hybridized carbons (Fsp3) is 0.474. The molecule has 2 aliphatic heterocycles. The zero-order valence-electron chi connectivity index (χ0n) is 28.9. The van der Waals surface area contributed by atoms with Crippen LogP contribution >= 0.6 is 11.6 Å². The lowest BCUT2D eigenvalue weighted by Crippen LogP contribution is -2.40. The number of hydrogen-bond acceptors (Lipinski definition) is 6. The molecule has 8 nitrogen and oxygen atoms in total. The average molecular weight is 729 g/mol. The van der Waals surface area contributed by atoms with Gasteiger partial charge in [-0.05, 0) is 85.4 Å². The smallest absolute Gasteiger partial charge is 0.264 e. The summed E-state index contributed by atoms with van der Waals surface area (Å²) in [6, 6.07) is 16.7. The second kappa shape index (κ2) is 14.8. The van der Waals surface area contributed by atoms with Gasteiger partial charge in [-0.25, -0.2) is 0 Å². The molecule has 5 rings (SSSR count). The Labute approximate surface area is 297 Å². The predicted molar refractivity (Wildman–Crippen MR) is 201 cm³/mol. The molecule has 0 bridgehead atoms. The molecule has 0 aromatic heterocycles. The molecule has 0 fully saturated rings. The molecule has 0 saturated carbocycles. The summed E-state index contributed by atoms with van der Waals surface area (Å²) in [5.74, 6) is -0.489. The van der Waals surface area contributed by atoms with E-state index in [1.807, 2.05) is 18.2 Å². The molecule has 0 spiro atoms. The van der Waals surface area contributed by atoms with Gasteiger partial charge in [0.25, 0.3) is 20.2 Å². The normalized spacial score (nSPS) is 22.1. The van der Waals surface area contributed by atoms with Crippen molar-refractivity contribution in [2.45, 2.75) is 89.5 Å². The Morgan fingerprint density at radius 2 is 1.39 bits per heavy atom. The van der Waals surface area contributed by atoms with Gasteiger partial charge in [-0.1, -0.05) is 93.9 Å². The fourth-order valence-electron chi connectivity index (χ4n) is 7.67. The van der Waals surface area contributed by atoms with Crippen LogP contribution in [0.1, 0.15) is 83.8 Å². The van der Waals surface area contributed by atoms with E-state index in [1.165, 1.54) is 11.1 Å². The maximum absolute atomic E-state index is 11.3. The minimum atomic E-state index is -4.00. The molecule has 1 atom stereocenters. The maximum Gasteiger partial charge on any atom is 0.264 e. The van der Waals surface area contributed by atoms with E-state index in [0.29, 0.717) is 38.8 Å². The van der Waals surface area contributed by atoms with E-state index in [1.54, 1.807) is 0 Å². The van der Waals surface area contributed by atoms with Crippen LogP contribution in [0.15, 0.2) is 94.7 Å². The lowest BCUT2D eigenvalue weighted by molar-refractivity contribution is 0.466. The Kier molecular flexibility index (Phi) is 11.3. The Bertz CT molecular complexity index is 1890. The van der Waals surface area contributed by atoms with Crippen LogP contribution in [0.2, 0.25) is 0 Å². The van der Waals surface area contributed by atoms with E-state index in [2.05, 4.69) is 92.1 Å². The molecule has 0 radical (unpaired) electrons. The number of benzene rings is 2. The van der Waals surface area contributed by atoms with E-state index < -0.39 is 20.2 Å². The number of halogens is 1. The molecule has 2 heterocycles. The zero-order valence-corrected chi connectivity index (χ0v) is 31.3. The highest BCUT2D eigenvalue weighted by atomic mass is 35.5. The van der Waals surface area contributed by atoms with Crippen molar-refractivity contribution in [1.29, 1.82) is 0 Å². The quantitative estimate of drug-likeness (QED) is 0.156. The van der Waals surface area contributed by atoms with Gasteiger partial charge in [-0.3, -0.25) is 9.11 Å². The van der Waals surface area contributed by atoms with Gasteiger partial charge in [-0.15, -0.1) is 0 Å². The monoisotopic (exact) mass is 728 g/mol. The summed E-state index contributed by atoms with van der Waals surface area (Å²) >= 11 is 7.15. The van der Waals surface area contributed by atoms with Crippen molar-refractivity contribution >= 4 is 43.2 Å². The second-order valence-electron chi connectivity index (χ2n) is 14.5. The third kappa shape index (κ3) is 8.53. The SMILES string of the molecule is CC1(C)/C(=C/C=C2\CCCC(/C=C/C3N(CCCCS(=O)(=O)O)c4ccccc4C3(C)C)=C2Cl)N(CCCCS(=O)(=O)O)c2ccccc21. The molecule has 2 aromatic carbocycles. The third-order valence-electron chi connectivity index (χ3n) is 10.2. The first kappa shape index (κ1) is 37.4. The van der Waals surface area contributed by atoms with Crippen LogP contribution in [-0.4, -0.2) is 56.6 Å². The summed E-state index contributed by atoms with van der Waals surface area (Å²) in [6.45, 7) is 10.2. The lowest BCUT2D eigenvalue weighted by atomic mass is 9.80. The van der Waals surface area contributed by atoms with Crippen molar-refractivity contribution in [2.75, 3.05) is 34.4 Å². The summed E-state index contributed by atoms with van der Waals surface area (Å²) in [6.07, 6.45) is 13.4. The van der Waals surface area contributed by atoms with Crippen molar-refractivity contribution in [3.63, 3.8) is 0 Å². The molecule has 266 valence electrons. The summed E-state index contributed by atoms with van der Waals surface area (Å²) in [4.78, 5) is 4.61. The third-order valence-corrected chi connectivity index (χ3v) is 12.3. The lowest BCUT2D eigenvalue weighted by Gasteiger charge is -2.33. The first-order valence-electron chi connectivity index (χ1n) is 17.1. The number of para-hydroxylation sites is 2. The molecular formula is C38H49ClN2O6S2. The van der Waals surface area contributed by atoms with E-state index in [0.717, 1.165) is 52.5 Å². The van der Waals surface area contributed by atoms with Crippen LogP contribution < -0.4 is 9.80 Å². The molecule has 3 aliphatic rings. The molecule has 1 unspecified atom stereocenters. The summed E-state index contributed by atoms with van der Waals surface area (Å²) in [5.41, 5.74) is 7.56. The number of anilines is 2. The van der Waals surface area contributed by atoms with Crippen molar-refractivity contribution in [2.24, 2.45) is 0 Å². The van der Waals surface area contributed by atoms with Crippen LogP contribution in [0.3, 0.4) is 0 Å². The number of unbranched alkanes of at least 4 members (excludes halogenated alkanes) is 2. The van der Waals surface area contributed by atoms with Crippen LogP contribution in [0.4, 0.5) is 11.4 Å². The van der Waals surface area contributed by atoms with Crippen LogP contribution in [0, 0.1) is 0 Å². The summed E-state index contributed by atoms with van der Waals surface area (Å²) in [5, 5.41) is 0.764. The van der Waals surface area contributed by atoms with Gasteiger partial charge in [0.2, 0.25) is 0 Å². The first-order valence-corrected chi connectivity index (χ1v) is 20.7. The van der Waals surface area contributed by atoms with E-state index in [-0.39, 0.29) is 28.4 Å². The molecular weight excluding hydrogens is 680 g/mol. The molecule has 49 heavy (non-hydrogen) atoms. The number of fused-ring (bicyclic) bond motifs is 2. The number of rotatable bonds is 13. The number of allylic oxidation sites excluding steroid dienone is 7. The highest BCUT2D eigenvalue weighted by Crippen LogP contribution is 2.48. The van der Waals surface area contributed by atoms with E-state index in [9.17, 15) is 25.9 Å². The molecule has 1 aliphatic carbocycles. The van der Waals surface area contributed by atoms with E-state index in [4.69, 9.17) is 11.6 Å². The highest BCUT2D eigenvalue weighted by Gasteiger charge is 2.43. The van der Waals surface area contributed by atoms with Crippen LogP contribution in [0.25, 0.3) is 0 Å². The van der Waals surface area contributed by atoms with Gasteiger partial charge in [0.1, 0.15) is 0 Å².